The molecule has 1 aliphatic heterocycles. The van der Waals surface area contributed by atoms with E-state index >= 15 is 0 Å². The van der Waals surface area contributed by atoms with Crippen molar-refractivity contribution in [3.63, 3.8) is 0 Å². The lowest BCUT2D eigenvalue weighted by Crippen LogP contribution is -2.47. The highest BCUT2D eigenvalue weighted by Gasteiger charge is 2.33. The molecule has 2 aromatic rings. The summed E-state index contributed by atoms with van der Waals surface area (Å²) in [5, 5.41) is 17.8. The van der Waals surface area contributed by atoms with Gasteiger partial charge in [-0.15, -0.1) is 0 Å². The zero-order chi connectivity index (χ0) is 22.9. The maximum absolute atomic E-state index is 13.1. The Morgan fingerprint density at radius 2 is 1.72 bits per heavy atom. The molecular formula is C24H27NO7. The number of fused-ring (bicyclic) bond motifs is 1. The highest BCUT2D eigenvalue weighted by Crippen LogP contribution is 2.34. The van der Waals surface area contributed by atoms with Gasteiger partial charge in [-0.25, -0.2) is 0 Å². The predicted octanol–water partition coefficient (Wildman–Crippen LogP) is 3.52. The van der Waals surface area contributed by atoms with Gasteiger partial charge in [-0.1, -0.05) is 36.8 Å². The minimum Gasteiger partial charge on any atom is -0.493 e. The van der Waals surface area contributed by atoms with Crippen molar-refractivity contribution in [1.29, 1.82) is 0 Å². The van der Waals surface area contributed by atoms with Gasteiger partial charge in [-0.2, -0.15) is 0 Å². The molecule has 1 atom stereocenters. The zero-order valence-electron chi connectivity index (χ0n) is 17.7. The molecule has 0 saturated carbocycles. The first-order valence-corrected chi connectivity index (χ1v) is 10.7. The second kappa shape index (κ2) is 11.2. The molecule has 0 saturated heterocycles. The van der Waals surface area contributed by atoms with Gasteiger partial charge < -0.3 is 24.6 Å². The van der Waals surface area contributed by atoms with Gasteiger partial charge in [0.1, 0.15) is 11.5 Å². The van der Waals surface area contributed by atoms with Crippen molar-refractivity contribution in [3.05, 3.63) is 54.1 Å². The van der Waals surface area contributed by atoms with Gasteiger partial charge in [-0.05, 0) is 31.0 Å². The molecule has 170 valence electrons. The highest BCUT2D eigenvalue weighted by molar-refractivity contribution is 6.00. The van der Waals surface area contributed by atoms with E-state index in [1.807, 2.05) is 24.3 Å². The lowest BCUT2D eigenvalue weighted by molar-refractivity contribution is -0.137. The quantitative estimate of drug-likeness (QED) is 0.485. The summed E-state index contributed by atoms with van der Waals surface area (Å²) in [6, 6.07) is 14.3. The van der Waals surface area contributed by atoms with Crippen LogP contribution in [0.3, 0.4) is 0 Å². The second-order valence-corrected chi connectivity index (χ2v) is 7.58. The maximum atomic E-state index is 13.1. The molecule has 8 heteroatoms. The van der Waals surface area contributed by atoms with E-state index in [2.05, 4.69) is 0 Å². The summed E-state index contributed by atoms with van der Waals surface area (Å²) in [5.74, 6) is -0.822. The standard InChI is InChI=1S/C24H27NO7/c26-22(27)12-2-1-7-14-25-18-9-4-6-11-20(18)32-21(24(25)30)13-15-31-19-10-5-3-8-17(19)16-23(28)29/h3-6,8-11,21H,1-2,7,12-16H2,(H,26,27)(H,28,29). The van der Waals surface area contributed by atoms with Crippen molar-refractivity contribution in [2.75, 3.05) is 18.1 Å². The fourth-order valence-electron chi connectivity index (χ4n) is 3.64. The third-order valence-corrected chi connectivity index (χ3v) is 5.19. The first-order chi connectivity index (χ1) is 15.5. The van der Waals surface area contributed by atoms with Crippen molar-refractivity contribution in [2.45, 2.75) is 44.6 Å². The molecule has 2 N–H and O–H groups in total. The molecule has 2 aromatic carbocycles. The number of hydrogen-bond acceptors (Lipinski definition) is 5. The van der Waals surface area contributed by atoms with Crippen LogP contribution in [0.2, 0.25) is 0 Å². The van der Waals surface area contributed by atoms with E-state index in [0.717, 1.165) is 0 Å². The number of amides is 1. The van der Waals surface area contributed by atoms with E-state index in [1.54, 1.807) is 29.2 Å². The van der Waals surface area contributed by atoms with Crippen molar-refractivity contribution in [1.82, 2.24) is 0 Å². The second-order valence-electron chi connectivity index (χ2n) is 7.58. The predicted molar refractivity (Wildman–Crippen MR) is 117 cm³/mol. The molecule has 0 bridgehead atoms. The topological polar surface area (TPSA) is 113 Å². The van der Waals surface area contributed by atoms with Crippen LogP contribution in [0.5, 0.6) is 11.5 Å². The van der Waals surface area contributed by atoms with Gasteiger partial charge in [0.15, 0.2) is 6.10 Å². The van der Waals surface area contributed by atoms with Gasteiger partial charge in [0.05, 0.1) is 18.7 Å². The average molecular weight is 441 g/mol. The molecule has 0 radical (unpaired) electrons. The summed E-state index contributed by atoms with van der Waals surface area (Å²) in [6.07, 6.45) is 1.56. The molecule has 0 spiro atoms. The van der Waals surface area contributed by atoms with Crippen LogP contribution < -0.4 is 14.4 Å². The fraction of sp³-hybridized carbons (Fsp3) is 0.375. The fourth-order valence-corrected chi connectivity index (χ4v) is 3.64. The minimum absolute atomic E-state index is 0.122. The smallest absolute Gasteiger partial charge is 0.307 e. The highest BCUT2D eigenvalue weighted by atomic mass is 16.5. The van der Waals surface area contributed by atoms with Crippen LogP contribution in [0.25, 0.3) is 0 Å². The Hall–Kier alpha value is -3.55. The number of hydrogen-bond donors (Lipinski definition) is 2. The number of carbonyl (C=O) groups excluding carboxylic acids is 1. The summed E-state index contributed by atoms with van der Waals surface area (Å²) in [7, 11) is 0. The van der Waals surface area contributed by atoms with Gasteiger partial charge in [0.25, 0.3) is 5.91 Å². The number of benzene rings is 2. The number of anilines is 1. The lowest BCUT2D eigenvalue weighted by atomic mass is 10.1. The van der Waals surface area contributed by atoms with Crippen molar-refractivity contribution in [3.8, 4) is 11.5 Å². The van der Waals surface area contributed by atoms with Gasteiger partial charge >= 0.3 is 11.9 Å². The Morgan fingerprint density at radius 1 is 0.969 bits per heavy atom. The molecule has 3 rings (SSSR count). The molecule has 0 aliphatic carbocycles. The number of carbonyl (C=O) groups is 3. The number of unbranched alkanes of at least 4 members (excludes halogenated alkanes) is 2. The van der Waals surface area contributed by atoms with E-state index < -0.39 is 18.0 Å². The lowest BCUT2D eigenvalue weighted by Gasteiger charge is -2.34. The molecule has 1 aliphatic rings. The summed E-state index contributed by atoms with van der Waals surface area (Å²) in [5.41, 5.74) is 1.28. The molecule has 1 heterocycles. The first kappa shape index (κ1) is 23.1. The van der Waals surface area contributed by atoms with E-state index in [-0.39, 0.29) is 25.4 Å². The summed E-state index contributed by atoms with van der Waals surface area (Å²) < 4.78 is 11.7. The van der Waals surface area contributed by atoms with E-state index in [0.29, 0.717) is 55.0 Å². The molecule has 8 nitrogen and oxygen atoms in total. The number of para-hydroxylation sites is 3. The van der Waals surface area contributed by atoms with Gasteiger partial charge in [0.2, 0.25) is 0 Å². The molecule has 32 heavy (non-hydrogen) atoms. The summed E-state index contributed by atoms with van der Waals surface area (Å²) in [6.45, 7) is 0.680. The molecule has 1 unspecified atom stereocenters. The minimum atomic E-state index is -0.942. The van der Waals surface area contributed by atoms with Crippen molar-refractivity contribution in [2.24, 2.45) is 0 Å². The van der Waals surface area contributed by atoms with Crippen LogP contribution in [-0.4, -0.2) is 47.3 Å². The SMILES string of the molecule is O=C(O)CCCCCN1C(=O)C(CCOc2ccccc2CC(=O)O)Oc2ccccc21. The van der Waals surface area contributed by atoms with E-state index in [9.17, 15) is 14.4 Å². The molecule has 1 amide bonds. The monoisotopic (exact) mass is 441 g/mol. The Kier molecular flexibility index (Phi) is 8.08. The number of aliphatic carboxylic acids is 2. The van der Waals surface area contributed by atoms with Crippen LogP contribution in [0.1, 0.15) is 37.7 Å². The van der Waals surface area contributed by atoms with Crippen molar-refractivity contribution < 1.29 is 34.1 Å². The van der Waals surface area contributed by atoms with E-state index in [1.165, 1.54) is 0 Å². The Labute approximate surface area is 186 Å². The summed E-state index contributed by atoms with van der Waals surface area (Å²) >= 11 is 0. The van der Waals surface area contributed by atoms with Gasteiger partial charge in [-0.3, -0.25) is 14.4 Å². The van der Waals surface area contributed by atoms with Crippen molar-refractivity contribution >= 4 is 23.5 Å². The largest absolute Gasteiger partial charge is 0.493 e. The van der Waals surface area contributed by atoms with Crippen LogP contribution in [-0.2, 0) is 20.8 Å². The van der Waals surface area contributed by atoms with Crippen LogP contribution in [0.4, 0.5) is 5.69 Å². The number of carboxylic acid groups (broad SMARTS) is 2. The molecular weight excluding hydrogens is 414 g/mol. The normalized spacial score (nSPS) is 15.1. The first-order valence-electron chi connectivity index (χ1n) is 10.7. The van der Waals surface area contributed by atoms with Crippen LogP contribution >= 0.6 is 0 Å². The Morgan fingerprint density at radius 3 is 2.50 bits per heavy atom. The Bertz CT molecular complexity index is 959. The van der Waals surface area contributed by atoms with Crippen LogP contribution in [0, 0.1) is 0 Å². The average Bonchev–Trinajstić information content (AvgIpc) is 2.76. The third-order valence-electron chi connectivity index (χ3n) is 5.19. The Balaban J connectivity index is 1.61. The number of rotatable bonds is 12. The zero-order valence-corrected chi connectivity index (χ0v) is 17.7. The summed E-state index contributed by atoms with van der Waals surface area (Å²) in [4.78, 5) is 36.5. The number of carboxylic acids is 2. The van der Waals surface area contributed by atoms with E-state index in [4.69, 9.17) is 19.7 Å². The maximum Gasteiger partial charge on any atom is 0.307 e. The number of nitrogens with zero attached hydrogens (tertiary/aromatic N) is 1. The third kappa shape index (κ3) is 6.23. The molecule has 0 fully saturated rings. The van der Waals surface area contributed by atoms with Gasteiger partial charge in [0, 0.05) is 24.9 Å². The van der Waals surface area contributed by atoms with Crippen LogP contribution in [0.15, 0.2) is 48.5 Å². The molecule has 0 aromatic heterocycles. The number of ether oxygens (including phenoxy) is 2.